The maximum Gasteiger partial charge on any atom is 0.321 e. The lowest BCUT2D eigenvalue weighted by molar-refractivity contribution is -0.141. The van der Waals surface area contributed by atoms with E-state index >= 15 is 0 Å². The maximum atomic E-state index is 10.8. The molecule has 0 saturated carbocycles. The standard InChI is InChI=1S/C10H17N3O2/c1-10(2,8(11)9(14)15)4-7-13-6-3-5-12-13/h3,5-6,8H,4,7,11H2,1-2H3,(H,14,15). The lowest BCUT2D eigenvalue weighted by Gasteiger charge is -2.28. The van der Waals surface area contributed by atoms with Crippen LogP contribution in [0.2, 0.25) is 0 Å². The van der Waals surface area contributed by atoms with Crippen LogP contribution in [0.3, 0.4) is 0 Å². The number of carboxylic acids is 1. The third-order valence-corrected chi connectivity index (χ3v) is 2.65. The highest BCUT2D eigenvalue weighted by Gasteiger charge is 2.31. The smallest absolute Gasteiger partial charge is 0.321 e. The number of aryl methyl sites for hydroxylation is 1. The van der Waals surface area contributed by atoms with Gasteiger partial charge in [-0.2, -0.15) is 5.10 Å². The molecule has 84 valence electrons. The van der Waals surface area contributed by atoms with Gasteiger partial charge in [-0.1, -0.05) is 13.8 Å². The largest absolute Gasteiger partial charge is 0.480 e. The van der Waals surface area contributed by atoms with E-state index in [4.69, 9.17) is 10.8 Å². The Morgan fingerprint density at radius 2 is 2.33 bits per heavy atom. The van der Waals surface area contributed by atoms with Crippen LogP contribution in [0.15, 0.2) is 18.5 Å². The first-order valence-electron chi connectivity index (χ1n) is 4.89. The molecule has 15 heavy (non-hydrogen) atoms. The molecular weight excluding hydrogens is 194 g/mol. The van der Waals surface area contributed by atoms with Gasteiger partial charge in [0.2, 0.25) is 0 Å². The van der Waals surface area contributed by atoms with Gasteiger partial charge in [0.15, 0.2) is 0 Å². The molecule has 0 saturated heterocycles. The zero-order valence-electron chi connectivity index (χ0n) is 9.05. The first kappa shape index (κ1) is 11.7. The van der Waals surface area contributed by atoms with E-state index < -0.39 is 17.4 Å². The SMILES string of the molecule is CC(C)(CCn1cccn1)C(N)C(=O)O. The van der Waals surface area contributed by atoms with Crippen molar-refractivity contribution in [3.63, 3.8) is 0 Å². The van der Waals surface area contributed by atoms with E-state index in [0.29, 0.717) is 13.0 Å². The highest BCUT2D eigenvalue weighted by Crippen LogP contribution is 2.24. The van der Waals surface area contributed by atoms with Gasteiger partial charge in [0.1, 0.15) is 6.04 Å². The van der Waals surface area contributed by atoms with E-state index in [9.17, 15) is 4.79 Å². The lowest BCUT2D eigenvalue weighted by Crippen LogP contribution is -2.44. The Hall–Kier alpha value is -1.36. The Morgan fingerprint density at radius 1 is 1.67 bits per heavy atom. The fourth-order valence-electron chi connectivity index (χ4n) is 1.33. The monoisotopic (exact) mass is 211 g/mol. The summed E-state index contributed by atoms with van der Waals surface area (Å²) >= 11 is 0. The minimum Gasteiger partial charge on any atom is -0.480 e. The Kier molecular flexibility index (Phi) is 3.47. The molecule has 0 radical (unpaired) electrons. The fourth-order valence-corrected chi connectivity index (χ4v) is 1.33. The average molecular weight is 211 g/mol. The van der Waals surface area contributed by atoms with Crippen LogP contribution < -0.4 is 5.73 Å². The summed E-state index contributed by atoms with van der Waals surface area (Å²) in [7, 11) is 0. The summed E-state index contributed by atoms with van der Waals surface area (Å²) in [6.45, 7) is 4.39. The molecule has 1 aromatic rings. The summed E-state index contributed by atoms with van der Waals surface area (Å²) < 4.78 is 1.77. The van der Waals surface area contributed by atoms with E-state index in [2.05, 4.69) is 5.10 Å². The summed E-state index contributed by atoms with van der Waals surface area (Å²) in [5.74, 6) is -0.958. The summed E-state index contributed by atoms with van der Waals surface area (Å²) in [6, 6.07) is 0.998. The molecule has 3 N–H and O–H groups in total. The van der Waals surface area contributed by atoms with Gasteiger partial charge in [-0.15, -0.1) is 0 Å². The van der Waals surface area contributed by atoms with Crippen LogP contribution in [0, 0.1) is 5.41 Å². The predicted molar refractivity (Wildman–Crippen MR) is 56.2 cm³/mol. The molecule has 0 aromatic carbocycles. The second-order valence-electron chi connectivity index (χ2n) is 4.32. The quantitative estimate of drug-likeness (QED) is 0.751. The van der Waals surface area contributed by atoms with Crippen molar-refractivity contribution in [1.82, 2.24) is 9.78 Å². The van der Waals surface area contributed by atoms with Crippen molar-refractivity contribution < 1.29 is 9.90 Å². The van der Waals surface area contributed by atoms with Gasteiger partial charge in [0.25, 0.3) is 0 Å². The van der Waals surface area contributed by atoms with Crippen molar-refractivity contribution in [3.8, 4) is 0 Å². The third kappa shape index (κ3) is 3.06. The van der Waals surface area contributed by atoms with Crippen molar-refractivity contribution in [3.05, 3.63) is 18.5 Å². The summed E-state index contributed by atoms with van der Waals surface area (Å²) in [5, 5.41) is 12.9. The highest BCUT2D eigenvalue weighted by molar-refractivity contribution is 5.74. The zero-order chi connectivity index (χ0) is 11.5. The lowest BCUT2D eigenvalue weighted by atomic mass is 9.82. The molecule has 0 bridgehead atoms. The van der Waals surface area contributed by atoms with E-state index in [1.807, 2.05) is 26.1 Å². The molecular formula is C10H17N3O2. The molecule has 0 aliphatic carbocycles. The number of hydrogen-bond donors (Lipinski definition) is 2. The molecule has 1 atom stereocenters. The number of carbonyl (C=O) groups is 1. The topological polar surface area (TPSA) is 81.1 Å². The molecule has 1 aromatic heterocycles. The molecule has 5 nitrogen and oxygen atoms in total. The molecule has 0 fully saturated rings. The van der Waals surface area contributed by atoms with Gasteiger partial charge in [0.05, 0.1) is 0 Å². The van der Waals surface area contributed by atoms with Gasteiger partial charge >= 0.3 is 5.97 Å². The minimum absolute atomic E-state index is 0.433. The number of nitrogens with zero attached hydrogens (tertiary/aromatic N) is 2. The van der Waals surface area contributed by atoms with Crippen LogP contribution in [-0.2, 0) is 11.3 Å². The number of aromatic nitrogens is 2. The molecule has 0 aliphatic rings. The van der Waals surface area contributed by atoms with Crippen molar-refractivity contribution in [2.45, 2.75) is 32.9 Å². The number of aliphatic carboxylic acids is 1. The van der Waals surface area contributed by atoms with Crippen LogP contribution in [-0.4, -0.2) is 26.9 Å². The summed E-state index contributed by atoms with van der Waals surface area (Å²) in [6.07, 6.45) is 4.23. The number of nitrogens with two attached hydrogens (primary N) is 1. The predicted octanol–water partition coefficient (Wildman–Crippen LogP) is 0.711. The summed E-state index contributed by atoms with van der Waals surface area (Å²) in [5.41, 5.74) is 5.17. The molecule has 5 heteroatoms. The zero-order valence-corrected chi connectivity index (χ0v) is 9.05. The first-order chi connectivity index (χ1) is 6.93. The van der Waals surface area contributed by atoms with Crippen molar-refractivity contribution in [2.24, 2.45) is 11.1 Å². The van der Waals surface area contributed by atoms with E-state index in [0.717, 1.165) is 0 Å². The van der Waals surface area contributed by atoms with Crippen LogP contribution in [0.25, 0.3) is 0 Å². The minimum atomic E-state index is -0.958. The van der Waals surface area contributed by atoms with Crippen LogP contribution in [0.5, 0.6) is 0 Å². The second-order valence-corrected chi connectivity index (χ2v) is 4.32. The fraction of sp³-hybridized carbons (Fsp3) is 0.600. The van der Waals surface area contributed by atoms with Gasteiger partial charge in [0, 0.05) is 18.9 Å². The Balaban J connectivity index is 2.53. The molecule has 1 heterocycles. The van der Waals surface area contributed by atoms with Crippen molar-refractivity contribution in [1.29, 1.82) is 0 Å². The molecule has 1 unspecified atom stereocenters. The molecule has 0 spiro atoms. The van der Waals surface area contributed by atoms with Crippen LogP contribution in [0.4, 0.5) is 0 Å². The average Bonchev–Trinajstić information content (AvgIpc) is 2.66. The third-order valence-electron chi connectivity index (χ3n) is 2.65. The van der Waals surface area contributed by atoms with E-state index in [1.54, 1.807) is 10.9 Å². The second kappa shape index (κ2) is 4.44. The van der Waals surface area contributed by atoms with E-state index in [1.165, 1.54) is 0 Å². The first-order valence-corrected chi connectivity index (χ1v) is 4.89. The highest BCUT2D eigenvalue weighted by atomic mass is 16.4. The Bertz CT molecular complexity index is 319. The summed E-state index contributed by atoms with van der Waals surface area (Å²) in [4.78, 5) is 10.8. The van der Waals surface area contributed by atoms with Gasteiger partial charge in [-0.25, -0.2) is 0 Å². The molecule has 1 rings (SSSR count). The van der Waals surface area contributed by atoms with Gasteiger partial charge in [-0.3, -0.25) is 9.48 Å². The van der Waals surface area contributed by atoms with Crippen LogP contribution in [0.1, 0.15) is 20.3 Å². The van der Waals surface area contributed by atoms with Crippen molar-refractivity contribution in [2.75, 3.05) is 0 Å². The Morgan fingerprint density at radius 3 is 2.80 bits per heavy atom. The van der Waals surface area contributed by atoms with Crippen LogP contribution >= 0.6 is 0 Å². The van der Waals surface area contributed by atoms with Gasteiger partial charge in [-0.05, 0) is 17.9 Å². The van der Waals surface area contributed by atoms with Gasteiger partial charge < -0.3 is 10.8 Å². The normalized spacial score (nSPS) is 13.8. The van der Waals surface area contributed by atoms with E-state index in [-0.39, 0.29) is 0 Å². The number of hydrogen-bond acceptors (Lipinski definition) is 3. The van der Waals surface area contributed by atoms with Crippen molar-refractivity contribution >= 4 is 5.97 Å². The number of carboxylic acid groups (broad SMARTS) is 1. The number of rotatable bonds is 5. The Labute approximate surface area is 88.9 Å². The molecule has 0 aliphatic heterocycles. The maximum absolute atomic E-state index is 10.8. The molecule has 0 amide bonds.